The van der Waals surface area contributed by atoms with Crippen LogP contribution < -0.4 is 5.73 Å². The van der Waals surface area contributed by atoms with E-state index in [0.717, 1.165) is 9.99 Å². The van der Waals surface area contributed by atoms with Gasteiger partial charge in [0.05, 0.1) is 5.39 Å². The number of fused-ring (bicyclic) bond motifs is 1. The zero-order valence-corrected chi connectivity index (χ0v) is 6.96. The van der Waals surface area contributed by atoms with Crippen LogP contribution in [0.5, 0.6) is 0 Å². The fourth-order valence-corrected chi connectivity index (χ4v) is 1.16. The Morgan fingerprint density at radius 2 is 2.36 bits per heavy atom. The van der Waals surface area contributed by atoms with Crippen molar-refractivity contribution in [1.29, 1.82) is 0 Å². The van der Waals surface area contributed by atoms with E-state index in [1.54, 1.807) is 6.20 Å². The highest BCUT2D eigenvalue weighted by Crippen LogP contribution is 2.17. The number of hydrogen-bond acceptors (Lipinski definition) is 4. The normalized spacial score (nSPS) is 10.6. The minimum absolute atomic E-state index is 0.233. The number of nitrogen functional groups attached to an aromatic ring is 1. The molecular weight excluding hydrogens is 210 g/mol. The van der Waals surface area contributed by atoms with Gasteiger partial charge in [0.25, 0.3) is 0 Å². The number of rotatable bonds is 0. The van der Waals surface area contributed by atoms with Crippen molar-refractivity contribution in [2.75, 3.05) is 5.73 Å². The number of aromatic nitrogens is 4. The Morgan fingerprint density at radius 1 is 1.55 bits per heavy atom. The molecule has 0 aliphatic heterocycles. The predicted molar refractivity (Wildman–Crippen MR) is 43.8 cm³/mol. The Kier molecular flexibility index (Phi) is 1.28. The van der Waals surface area contributed by atoms with Gasteiger partial charge < -0.3 is 5.73 Å². The third-order valence-electron chi connectivity index (χ3n) is 1.28. The standard InChI is InChI=1S/C5H4BrN5/c6-3-2-1-8-5(7)9-4(2)11-10-3/h1H,(H3,7,8,9,10,11). The smallest absolute Gasteiger partial charge is 0.222 e. The average molecular weight is 214 g/mol. The third-order valence-corrected chi connectivity index (χ3v) is 1.89. The summed E-state index contributed by atoms with van der Waals surface area (Å²) in [6.45, 7) is 0. The van der Waals surface area contributed by atoms with Gasteiger partial charge in [0.15, 0.2) is 5.65 Å². The van der Waals surface area contributed by atoms with E-state index in [0.29, 0.717) is 5.65 Å². The van der Waals surface area contributed by atoms with Gasteiger partial charge in [0, 0.05) is 6.20 Å². The molecule has 6 heteroatoms. The first-order valence-electron chi connectivity index (χ1n) is 2.89. The van der Waals surface area contributed by atoms with Gasteiger partial charge in [-0.1, -0.05) is 0 Å². The number of nitrogens with two attached hydrogens (primary N) is 1. The number of hydrogen-bond donors (Lipinski definition) is 2. The van der Waals surface area contributed by atoms with Crippen LogP contribution in [0.25, 0.3) is 11.0 Å². The van der Waals surface area contributed by atoms with Crippen molar-refractivity contribution in [2.24, 2.45) is 0 Å². The number of halogens is 1. The van der Waals surface area contributed by atoms with Crippen molar-refractivity contribution in [2.45, 2.75) is 0 Å². The highest BCUT2D eigenvalue weighted by atomic mass is 79.9. The van der Waals surface area contributed by atoms with Crippen molar-refractivity contribution < 1.29 is 0 Å². The Labute approximate surface area is 70.2 Å². The molecule has 0 aliphatic rings. The van der Waals surface area contributed by atoms with Crippen LogP contribution in [0, 0.1) is 0 Å². The second-order valence-electron chi connectivity index (χ2n) is 2.00. The van der Waals surface area contributed by atoms with Gasteiger partial charge in [0.2, 0.25) is 5.95 Å². The Hall–Kier alpha value is -1.17. The van der Waals surface area contributed by atoms with E-state index in [1.807, 2.05) is 0 Å². The molecule has 11 heavy (non-hydrogen) atoms. The quantitative estimate of drug-likeness (QED) is 0.676. The van der Waals surface area contributed by atoms with E-state index in [1.165, 1.54) is 0 Å². The SMILES string of the molecule is Nc1ncc2c(Br)[nH]nc2n1. The van der Waals surface area contributed by atoms with Crippen LogP contribution in [0.4, 0.5) is 5.95 Å². The molecule has 0 unspecified atom stereocenters. The van der Waals surface area contributed by atoms with Crippen LogP contribution >= 0.6 is 15.9 Å². The topological polar surface area (TPSA) is 80.5 Å². The molecule has 0 atom stereocenters. The van der Waals surface area contributed by atoms with Gasteiger partial charge >= 0.3 is 0 Å². The van der Waals surface area contributed by atoms with E-state index in [2.05, 4.69) is 36.1 Å². The maximum Gasteiger partial charge on any atom is 0.222 e. The molecule has 0 fully saturated rings. The van der Waals surface area contributed by atoms with Gasteiger partial charge in [-0.3, -0.25) is 5.10 Å². The number of H-pyrrole nitrogens is 1. The highest BCUT2D eigenvalue weighted by molar-refractivity contribution is 9.10. The summed E-state index contributed by atoms with van der Waals surface area (Å²) in [6.07, 6.45) is 1.62. The molecule has 5 nitrogen and oxygen atoms in total. The number of nitrogens with one attached hydrogen (secondary N) is 1. The van der Waals surface area contributed by atoms with Gasteiger partial charge in [-0.15, -0.1) is 0 Å². The van der Waals surface area contributed by atoms with Crippen molar-refractivity contribution in [3.8, 4) is 0 Å². The van der Waals surface area contributed by atoms with Crippen LogP contribution in [0.3, 0.4) is 0 Å². The molecule has 2 aromatic heterocycles. The monoisotopic (exact) mass is 213 g/mol. The summed E-state index contributed by atoms with van der Waals surface area (Å²) in [5, 5.41) is 7.42. The first-order valence-corrected chi connectivity index (χ1v) is 3.69. The molecule has 2 heterocycles. The molecule has 0 aromatic carbocycles. The predicted octanol–water partition coefficient (Wildman–Crippen LogP) is 0.698. The van der Waals surface area contributed by atoms with E-state index in [-0.39, 0.29) is 5.95 Å². The Morgan fingerprint density at radius 3 is 3.18 bits per heavy atom. The molecule has 0 aliphatic carbocycles. The summed E-state index contributed by atoms with van der Waals surface area (Å²) in [6, 6.07) is 0. The summed E-state index contributed by atoms with van der Waals surface area (Å²) in [5.74, 6) is 0.233. The van der Waals surface area contributed by atoms with Crippen LogP contribution in [0.2, 0.25) is 0 Å². The summed E-state index contributed by atoms with van der Waals surface area (Å²) >= 11 is 3.25. The number of aromatic amines is 1. The van der Waals surface area contributed by atoms with Crippen molar-refractivity contribution in [3.05, 3.63) is 10.8 Å². The summed E-state index contributed by atoms with van der Waals surface area (Å²) in [4.78, 5) is 7.71. The Bertz CT molecular complexity index is 395. The summed E-state index contributed by atoms with van der Waals surface area (Å²) in [5.41, 5.74) is 5.92. The minimum Gasteiger partial charge on any atom is -0.368 e. The molecule has 2 aromatic rings. The van der Waals surface area contributed by atoms with Crippen LogP contribution in [0.15, 0.2) is 10.8 Å². The van der Waals surface area contributed by atoms with Crippen molar-refractivity contribution in [3.63, 3.8) is 0 Å². The molecule has 0 saturated carbocycles. The number of anilines is 1. The van der Waals surface area contributed by atoms with Gasteiger partial charge in [-0.25, -0.2) is 4.98 Å². The first-order chi connectivity index (χ1) is 5.27. The van der Waals surface area contributed by atoms with E-state index >= 15 is 0 Å². The van der Waals surface area contributed by atoms with Crippen LogP contribution in [-0.2, 0) is 0 Å². The summed E-state index contributed by atoms with van der Waals surface area (Å²) in [7, 11) is 0. The lowest BCUT2D eigenvalue weighted by atomic mass is 10.4. The molecule has 2 rings (SSSR count). The van der Waals surface area contributed by atoms with Crippen LogP contribution in [0.1, 0.15) is 0 Å². The van der Waals surface area contributed by atoms with Crippen LogP contribution in [-0.4, -0.2) is 20.2 Å². The third kappa shape index (κ3) is 0.949. The molecule has 0 saturated heterocycles. The van der Waals surface area contributed by atoms with E-state index in [4.69, 9.17) is 5.73 Å². The lowest BCUT2D eigenvalue weighted by Gasteiger charge is -1.88. The van der Waals surface area contributed by atoms with E-state index < -0.39 is 0 Å². The molecule has 56 valence electrons. The van der Waals surface area contributed by atoms with Gasteiger partial charge in [-0.05, 0) is 15.9 Å². The first kappa shape index (κ1) is 6.53. The number of nitrogens with zero attached hydrogens (tertiary/aromatic N) is 3. The molecular formula is C5H4BrN5. The van der Waals surface area contributed by atoms with E-state index in [9.17, 15) is 0 Å². The minimum atomic E-state index is 0.233. The zero-order valence-electron chi connectivity index (χ0n) is 5.37. The second kappa shape index (κ2) is 2.16. The average Bonchev–Trinajstić information content (AvgIpc) is 2.32. The zero-order chi connectivity index (χ0) is 7.84. The summed E-state index contributed by atoms with van der Waals surface area (Å²) < 4.78 is 0.771. The maximum absolute atomic E-state index is 5.34. The molecule has 0 bridgehead atoms. The lowest BCUT2D eigenvalue weighted by molar-refractivity contribution is 1.07. The molecule has 0 spiro atoms. The molecule has 0 radical (unpaired) electrons. The lowest BCUT2D eigenvalue weighted by Crippen LogP contribution is -1.92. The molecule has 3 N–H and O–H groups in total. The fraction of sp³-hybridized carbons (Fsp3) is 0. The fourth-order valence-electron chi connectivity index (χ4n) is 0.788. The second-order valence-corrected chi connectivity index (χ2v) is 2.80. The Balaban J connectivity index is 2.86. The largest absolute Gasteiger partial charge is 0.368 e. The van der Waals surface area contributed by atoms with Crippen molar-refractivity contribution in [1.82, 2.24) is 20.2 Å². The highest BCUT2D eigenvalue weighted by Gasteiger charge is 2.03. The molecule has 0 amide bonds. The van der Waals surface area contributed by atoms with Gasteiger partial charge in [0.1, 0.15) is 4.60 Å². The maximum atomic E-state index is 5.34. The van der Waals surface area contributed by atoms with Crippen molar-refractivity contribution >= 4 is 32.9 Å². The van der Waals surface area contributed by atoms with Gasteiger partial charge in [-0.2, -0.15) is 10.1 Å².